The van der Waals surface area contributed by atoms with E-state index in [1.807, 2.05) is 0 Å². The summed E-state index contributed by atoms with van der Waals surface area (Å²) < 4.78 is 0. The van der Waals surface area contributed by atoms with Gasteiger partial charge in [0.15, 0.2) is 6.04 Å². The van der Waals surface area contributed by atoms with Crippen molar-refractivity contribution in [3.63, 3.8) is 0 Å². The van der Waals surface area contributed by atoms with Crippen LogP contribution >= 0.6 is 0 Å². The maximum atomic E-state index is 9.90. The van der Waals surface area contributed by atoms with Crippen LogP contribution in [0.1, 0.15) is 0 Å². The molecule has 0 bridgehead atoms. The van der Waals surface area contributed by atoms with Gasteiger partial charge in [-0.3, -0.25) is 4.79 Å². The van der Waals surface area contributed by atoms with Crippen molar-refractivity contribution < 1.29 is 15.0 Å². The first-order valence-electron chi connectivity index (χ1n) is 2.10. The molecule has 0 aromatic carbocycles. The quantitative estimate of drug-likeness (QED) is 0.313. The minimum absolute atomic E-state index is 0.667. The normalized spacial score (nSPS) is 11.7. The Bertz CT molecular complexity index is 148. The molecular formula is C3H5N3O3. The lowest BCUT2D eigenvalue weighted by Gasteiger charge is -1.96. The Labute approximate surface area is 50.4 Å². The monoisotopic (exact) mass is 131 g/mol. The van der Waals surface area contributed by atoms with Crippen molar-refractivity contribution in [3.05, 3.63) is 10.4 Å². The fourth-order valence-electron chi connectivity index (χ4n) is 0.226. The number of azide groups is 1. The van der Waals surface area contributed by atoms with Crippen LogP contribution in [-0.2, 0) is 4.79 Å². The Morgan fingerprint density at radius 2 is 2.44 bits per heavy atom. The van der Waals surface area contributed by atoms with E-state index in [2.05, 4.69) is 10.0 Å². The molecule has 0 fully saturated rings. The Kier molecular flexibility index (Phi) is 3.19. The molecule has 0 aliphatic rings. The summed E-state index contributed by atoms with van der Waals surface area (Å²) >= 11 is 0. The van der Waals surface area contributed by atoms with Gasteiger partial charge in [0.05, 0.1) is 6.61 Å². The molecule has 0 heterocycles. The lowest BCUT2D eigenvalue weighted by molar-refractivity contribution is -0.139. The second kappa shape index (κ2) is 3.71. The second-order valence-electron chi connectivity index (χ2n) is 1.24. The third-order valence-corrected chi connectivity index (χ3v) is 0.649. The smallest absolute Gasteiger partial charge is 0.314 e. The molecule has 6 heteroatoms. The summed E-state index contributed by atoms with van der Waals surface area (Å²) in [5, 5.41) is 19.0. The van der Waals surface area contributed by atoms with E-state index in [0.29, 0.717) is 0 Å². The van der Waals surface area contributed by atoms with Crippen LogP contribution in [0, 0.1) is 0 Å². The van der Waals surface area contributed by atoms with Crippen molar-refractivity contribution >= 4 is 5.97 Å². The van der Waals surface area contributed by atoms with E-state index >= 15 is 0 Å². The molecule has 6 nitrogen and oxygen atoms in total. The zero-order chi connectivity index (χ0) is 7.28. The number of carboxylic acids is 1. The SMILES string of the molecule is [N-]=[N+]=N[C@@H](CO)C(=O)O. The van der Waals surface area contributed by atoms with Gasteiger partial charge >= 0.3 is 5.97 Å². The molecule has 0 rings (SSSR count). The lowest BCUT2D eigenvalue weighted by Crippen LogP contribution is -2.20. The van der Waals surface area contributed by atoms with Crippen LogP contribution in [-0.4, -0.2) is 28.8 Å². The van der Waals surface area contributed by atoms with E-state index in [4.69, 9.17) is 15.7 Å². The van der Waals surface area contributed by atoms with Crippen molar-refractivity contribution in [2.24, 2.45) is 5.11 Å². The number of carboxylic acid groups (broad SMARTS) is 1. The summed E-state index contributed by atoms with van der Waals surface area (Å²) in [6, 6.07) is -1.35. The summed E-state index contributed by atoms with van der Waals surface area (Å²) in [5.41, 5.74) is 7.70. The minimum atomic E-state index is -1.35. The van der Waals surface area contributed by atoms with Crippen LogP contribution in [0.4, 0.5) is 0 Å². The molecule has 0 saturated heterocycles. The van der Waals surface area contributed by atoms with Gasteiger partial charge in [-0.15, -0.1) is 0 Å². The first-order chi connectivity index (χ1) is 4.22. The van der Waals surface area contributed by atoms with Crippen molar-refractivity contribution in [2.45, 2.75) is 6.04 Å². The van der Waals surface area contributed by atoms with E-state index in [9.17, 15) is 4.79 Å². The van der Waals surface area contributed by atoms with Crippen LogP contribution in [0.5, 0.6) is 0 Å². The molecular weight excluding hydrogens is 126 g/mol. The summed E-state index contributed by atoms with van der Waals surface area (Å²) in [6.07, 6.45) is 0. The molecule has 0 unspecified atom stereocenters. The van der Waals surface area contributed by atoms with Gasteiger partial charge < -0.3 is 10.2 Å². The first kappa shape index (κ1) is 7.74. The summed E-state index contributed by atoms with van der Waals surface area (Å²) in [6.45, 7) is -0.667. The lowest BCUT2D eigenvalue weighted by atomic mass is 10.3. The van der Waals surface area contributed by atoms with E-state index in [-0.39, 0.29) is 0 Å². The molecule has 0 amide bonds. The number of hydrogen-bond donors (Lipinski definition) is 2. The minimum Gasteiger partial charge on any atom is -0.481 e. The fraction of sp³-hybridized carbons (Fsp3) is 0.667. The number of rotatable bonds is 3. The highest BCUT2D eigenvalue weighted by molar-refractivity contribution is 5.73. The van der Waals surface area contributed by atoms with Gasteiger partial charge in [-0.2, -0.15) is 0 Å². The second-order valence-corrected chi connectivity index (χ2v) is 1.24. The van der Waals surface area contributed by atoms with E-state index in [1.54, 1.807) is 0 Å². The molecule has 50 valence electrons. The van der Waals surface area contributed by atoms with Gasteiger partial charge in [-0.25, -0.2) is 0 Å². The number of aliphatic hydroxyl groups excluding tert-OH is 1. The molecule has 0 radical (unpaired) electrons. The largest absolute Gasteiger partial charge is 0.481 e. The van der Waals surface area contributed by atoms with Crippen molar-refractivity contribution in [1.29, 1.82) is 0 Å². The molecule has 1 atom stereocenters. The number of aliphatic carboxylic acids is 1. The van der Waals surface area contributed by atoms with Crippen LogP contribution in [0.2, 0.25) is 0 Å². The fourth-order valence-corrected chi connectivity index (χ4v) is 0.226. The summed E-state index contributed by atoms with van der Waals surface area (Å²) in [7, 11) is 0. The third kappa shape index (κ3) is 2.53. The molecule has 0 aromatic rings. The summed E-state index contributed by atoms with van der Waals surface area (Å²) in [5.74, 6) is -1.32. The van der Waals surface area contributed by atoms with Gasteiger partial charge in [0.1, 0.15) is 0 Å². The van der Waals surface area contributed by atoms with Gasteiger partial charge in [0, 0.05) is 4.91 Å². The van der Waals surface area contributed by atoms with Gasteiger partial charge in [0.25, 0.3) is 0 Å². The Morgan fingerprint density at radius 3 is 2.56 bits per heavy atom. The highest BCUT2D eigenvalue weighted by Crippen LogP contribution is 1.88. The maximum absolute atomic E-state index is 9.90. The van der Waals surface area contributed by atoms with Crippen LogP contribution in [0.3, 0.4) is 0 Å². The summed E-state index contributed by atoms with van der Waals surface area (Å²) in [4.78, 5) is 12.1. The molecule has 0 aromatic heterocycles. The van der Waals surface area contributed by atoms with Crippen molar-refractivity contribution in [1.82, 2.24) is 0 Å². The predicted molar refractivity (Wildman–Crippen MR) is 27.7 cm³/mol. The van der Waals surface area contributed by atoms with Gasteiger partial charge in [-0.05, 0) is 5.53 Å². The van der Waals surface area contributed by atoms with Crippen LogP contribution in [0.15, 0.2) is 5.11 Å². The molecule has 0 aliphatic heterocycles. The molecule has 0 aliphatic carbocycles. The molecule has 0 spiro atoms. The number of carbonyl (C=O) groups is 1. The van der Waals surface area contributed by atoms with Crippen LogP contribution < -0.4 is 0 Å². The Hall–Kier alpha value is -1.26. The van der Waals surface area contributed by atoms with Crippen molar-refractivity contribution in [2.75, 3.05) is 6.61 Å². The Balaban J connectivity index is 3.98. The average molecular weight is 131 g/mol. The van der Waals surface area contributed by atoms with E-state index in [0.717, 1.165) is 0 Å². The number of hydrogen-bond acceptors (Lipinski definition) is 3. The zero-order valence-corrected chi connectivity index (χ0v) is 4.43. The molecule has 9 heavy (non-hydrogen) atoms. The van der Waals surface area contributed by atoms with E-state index in [1.165, 1.54) is 0 Å². The number of aliphatic hydroxyl groups is 1. The molecule has 2 N–H and O–H groups in total. The maximum Gasteiger partial charge on any atom is 0.314 e. The van der Waals surface area contributed by atoms with Crippen molar-refractivity contribution in [3.8, 4) is 0 Å². The highest BCUT2D eigenvalue weighted by atomic mass is 16.4. The zero-order valence-electron chi connectivity index (χ0n) is 4.43. The highest BCUT2D eigenvalue weighted by Gasteiger charge is 2.12. The number of nitrogens with zero attached hydrogens (tertiary/aromatic N) is 3. The van der Waals surface area contributed by atoms with Crippen LogP contribution in [0.25, 0.3) is 10.4 Å². The predicted octanol–water partition coefficient (Wildman–Crippen LogP) is -0.258. The van der Waals surface area contributed by atoms with E-state index < -0.39 is 18.6 Å². The van der Waals surface area contributed by atoms with Gasteiger partial charge in [-0.1, -0.05) is 5.11 Å². The molecule has 0 saturated carbocycles. The van der Waals surface area contributed by atoms with Gasteiger partial charge in [0.2, 0.25) is 0 Å². The third-order valence-electron chi connectivity index (χ3n) is 0.649. The Morgan fingerprint density at radius 1 is 1.89 bits per heavy atom. The first-order valence-corrected chi connectivity index (χ1v) is 2.10. The standard InChI is InChI=1S/C3H5N3O3/c4-6-5-2(1-7)3(8)9/h2,7H,1H2,(H,8,9)/t2-/m0/s1. The average Bonchev–Trinajstić information content (AvgIpc) is 1.82. The topological polar surface area (TPSA) is 106 Å².